The molecular weight excluding hydrogens is 388 g/mol. The Hall–Kier alpha value is -4.45. The first-order valence-electron chi connectivity index (χ1n) is 9.84. The van der Waals surface area contributed by atoms with Crippen molar-refractivity contribution >= 4 is 32.7 Å². The molecule has 31 heavy (non-hydrogen) atoms. The van der Waals surface area contributed by atoms with Crippen molar-refractivity contribution < 1.29 is 9.84 Å². The van der Waals surface area contributed by atoms with Gasteiger partial charge in [-0.25, -0.2) is 9.97 Å². The molecule has 0 atom stereocenters. The lowest BCUT2D eigenvalue weighted by Gasteiger charge is -2.09. The lowest BCUT2D eigenvalue weighted by molar-refractivity contribution is 0.459. The highest BCUT2D eigenvalue weighted by Crippen LogP contribution is 2.35. The van der Waals surface area contributed by atoms with E-state index >= 15 is 0 Å². The molecule has 0 saturated carbocycles. The molecule has 6 heteroatoms. The van der Waals surface area contributed by atoms with Crippen LogP contribution in [0.4, 0.5) is 0 Å². The van der Waals surface area contributed by atoms with Crippen molar-refractivity contribution in [3.05, 3.63) is 91.4 Å². The number of rotatable bonds is 3. The fraction of sp³-hybridized carbons (Fsp3) is 0. The molecular formula is C25H16N4O2. The van der Waals surface area contributed by atoms with Crippen molar-refractivity contribution in [1.82, 2.24) is 19.5 Å². The van der Waals surface area contributed by atoms with E-state index in [4.69, 9.17) is 4.74 Å². The molecule has 2 aromatic carbocycles. The Morgan fingerprint density at radius 3 is 2.58 bits per heavy atom. The molecule has 0 spiro atoms. The lowest BCUT2D eigenvalue weighted by Crippen LogP contribution is -1.96. The second-order valence-corrected chi connectivity index (χ2v) is 7.20. The quantitative estimate of drug-likeness (QED) is 0.414. The van der Waals surface area contributed by atoms with Crippen molar-refractivity contribution in [3.63, 3.8) is 0 Å². The maximum absolute atomic E-state index is 10.1. The zero-order valence-corrected chi connectivity index (χ0v) is 16.3. The van der Waals surface area contributed by atoms with Gasteiger partial charge in [0.25, 0.3) is 0 Å². The highest BCUT2D eigenvalue weighted by molar-refractivity contribution is 6.09. The Bertz CT molecular complexity index is 1580. The van der Waals surface area contributed by atoms with Gasteiger partial charge in [0, 0.05) is 40.7 Å². The molecule has 148 valence electrons. The molecule has 0 bridgehead atoms. The molecule has 0 saturated heterocycles. The Labute approximate surface area is 177 Å². The van der Waals surface area contributed by atoms with E-state index in [1.165, 1.54) is 6.20 Å². The fourth-order valence-corrected chi connectivity index (χ4v) is 3.93. The zero-order valence-electron chi connectivity index (χ0n) is 16.3. The molecule has 0 radical (unpaired) electrons. The van der Waals surface area contributed by atoms with E-state index in [1.54, 1.807) is 18.5 Å². The van der Waals surface area contributed by atoms with Crippen LogP contribution in [0.25, 0.3) is 38.5 Å². The van der Waals surface area contributed by atoms with Crippen LogP contribution in [0.15, 0.2) is 91.4 Å². The second-order valence-electron chi connectivity index (χ2n) is 7.20. The Kier molecular flexibility index (Phi) is 3.83. The largest absolute Gasteiger partial charge is 0.504 e. The molecule has 0 fully saturated rings. The fourth-order valence-electron chi connectivity index (χ4n) is 3.93. The van der Waals surface area contributed by atoms with E-state index in [1.807, 2.05) is 48.5 Å². The van der Waals surface area contributed by atoms with Gasteiger partial charge in [0.05, 0.1) is 17.2 Å². The van der Waals surface area contributed by atoms with E-state index in [9.17, 15) is 5.11 Å². The monoisotopic (exact) mass is 404 g/mol. The summed E-state index contributed by atoms with van der Waals surface area (Å²) in [7, 11) is 0. The van der Waals surface area contributed by atoms with Crippen LogP contribution in [-0.4, -0.2) is 24.6 Å². The third-order valence-electron chi connectivity index (χ3n) is 5.30. The topological polar surface area (TPSA) is 73.1 Å². The van der Waals surface area contributed by atoms with Crippen LogP contribution >= 0.6 is 0 Å². The number of hydrogen-bond donors (Lipinski definition) is 1. The molecule has 4 aromatic heterocycles. The highest BCUT2D eigenvalue weighted by Gasteiger charge is 2.14. The summed E-state index contributed by atoms with van der Waals surface area (Å²) in [6, 6.07) is 23.7. The number of pyridine rings is 3. The molecule has 6 nitrogen and oxygen atoms in total. The summed E-state index contributed by atoms with van der Waals surface area (Å²) in [4.78, 5) is 13.0. The smallest absolute Gasteiger partial charge is 0.219 e. The zero-order chi connectivity index (χ0) is 20.8. The Morgan fingerprint density at radius 1 is 0.806 bits per heavy atom. The molecule has 4 heterocycles. The van der Waals surface area contributed by atoms with Crippen molar-refractivity contribution in [3.8, 4) is 23.2 Å². The van der Waals surface area contributed by atoms with Crippen molar-refractivity contribution in [2.24, 2.45) is 0 Å². The van der Waals surface area contributed by atoms with E-state index in [0.717, 1.165) is 33.0 Å². The lowest BCUT2D eigenvalue weighted by atomic mass is 10.1. The van der Waals surface area contributed by atoms with E-state index in [0.29, 0.717) is 17.1 Å². The predicted octanol–water partition coefficient (Wildman–Crippen LogP) is 5.62. The van der Waals surface area contributed by atoms with Gasteiger partial charge in [-0.15, -0.1) is 0 Å². The molecule has 0 aliphatic rings. The third kappa shape index (κ3) is 2.85. The summed E-state index contributed by atoms with van der Waals surface area (Å²) in [5.41, 5.74) is 2.52. The summed E-state index contributed by atoms with van der Waals surface area (Å²) >= 11 is 0. The van der Waals surface area contributed by atoms with Crippen molar-refractivity contribution in [2.75, 3.05) is 0 Å². The number of para-hydroxylation sites is 1. The number of benzene rings is 2. The molecule has 0 amide bonds. The molecule has 0 unspecified atom stereocenters. The van der Waals surface area contributed by atoms with E-state index < -0.39 is 0 Å². The van der Waals surface area contributed by atoms with Crippen LogP contribution in [0.5, 0.6) is 17.4 Å². The van der Waals surface area contributed by atoms with Crippen LogP contribution in [-0.2, 0) is 0 Å². The van der Waals surface area contributed by atoms with Gasteiger partial charge in [-0.05, 0) is 36.4 Å². The molecule has 6 rings (SSSR count). The van der Waals surface area contributed by atoms with Gasteiger partial charge >= 0.3 is 0 Å². The van der Waals surface area contributed by atoms with Gasteiger partial charge < -0.3 is 9.84 Å². The molecule has 1 N–H and O–H groups in total. The summed E-state index contributed by atoms with van der Waals surface area (Å²) in [5, 5.41) is 13.1. The van der Waals surface area contributed by atoms with Crippen LogP contribution in [0.2, 0.25) is 0 Å². The normalized spacial score (nSPS) is 11.4. The maximum Gasteiger partial charge on any atom is 0.219 e. The number of hydrogen-bond acceptors (Lipinski definition) is 5. The minimum Gasteiger partial charge on any atom is -0.504 e. The Morgan fingerprint density at radius 2 is 1.68 bits per heavy atom. The first kappa shape index (κ1) is 17.4. The summed E-state index contributed by atoms with van der Waals surface area (Å²) in [5.74, 6) is 1.91. The summed E-state index contributed by atoms with van der Waals surface area (Å²) < 4.78 is 8.19. The molecule has 0 aliphatic heterocycles. The van der Waals surface area contributed by atoms with Crippen LogP contribution in [0.3, 0.4) is 0 Å². The van der Waals surface area contributed by atoms with Crippen LogP contribution in [0.1, 0.15) is 0 Å². The minimum atomic E-state index is 0.0219. The van der Waals surface area contributed by atoms with Gasteiger partial charge in [0.2, 0.25) is 5.88 Å². The number of nitrogens with zero attached hydrogens (tertiary/aromatic N) is 4. The minimum absolute atomic E-state index is 0.0219. The van der Waals surface area contributed by atoms with E-state index in [-0.39, 0.29) is 5.75 Å². The van der Waals surface area contributed by atoms with Crippen LogP contribution in [0, 0.1) is 0 Å². The predicted molar refractivity (Wildman–Crippen MR) is 120 cm³/mol. The average Bonchev–Trinajstić information content (AvgIpc) is 3.14. The Balaban J connectivity index is 1.51. The van der Waals surface area contributed by atoms with Crippen molar-refractivity contribution in [2.45, 2.75) is 0 Å². The third-order valence-corrected chi connectivity index (χ3v) is 5.30. The van der Waals surface area contributed by atoms with E-state index in [2.05, 4.69) is 37.7 Å². The summed E-state index contributed by atoms with van der Waals surface area (Å²) in [6.07, 6.45) is 4.82. The van der Waals surface area contributed by atoms with Crippen molar-refractivity contribution in [1.29, 1.82) is 0 Å². The molecule has 6 aromatic rings. The van der Waals surface area contributed by atoms with Crippen LogP contribution < -0.4 is 4.74 Å². The first-order valence-corrected chi connectivity index (χ1v) is 9.84. The summed E-state index contributed by atoms with van der Waals surface area (Å²) in [6.45, 7) is 0. The number of ether oxygens (including phenoxy) is 1. The number of aromatic nitrogens is 4. The second kappa shape index (κ2) is 6.81. The van der Waals surface area contributed by atoms with Gasteiger partial charge in [-0.2, -0.15) is 0 Å². The average molecular weight is 404 g/mol. The first-order chi connectivity index (χ1) is 15.3. The highest BCUT2D eigenvalue weighted by atomic mass is 16.5. The SMILES string of the molecule is Oc1cncc2ccc(Oc3ccc4c5ccccc5n(-c5ccccn5)c4c3)nc12. The van der Waals surface area contributed by atoms with Gasteiger partial charge in [0.15, 0.2) is 5.75 Å². The van der Waals surface area contributed by atoms with Gasteiger partial charge in [0.1, 0.15) is 17.1 Å². The standard InChI is InChI=1S/C25H16N4O2/c30-22-15-26-14-16-8-11-24(28-25(16)22)31-17-9-10-19-18-5-1-2-6-20(18)29(21(19)13-17)23-7-3-4-12-27-23/h1-15,30H. The van der Waals surface area contributed by atoms with Gasteiger partial charge in [-0.1, -0.05) is 24.3 Å². The maximum atomic E-state index is 10.1. The number of aromatic hydroxyl groups is 1. The number of fused-ring (bicyclic) bond motifs is 4. The van der Waals surface area contributed by atoms with Gasteiger partial charge in [-0.3, -0.25) is 9.55 Å². The molecule has 0 aliphatic carbocycles.